The Morgan fingerprint density at radius 1 is 0.846 bits per heavy atom. The summed E-state index contributed by atoms with van der Waals surface area (Å²) in [5, 5.41) is 37.0. The standard InChI is InChI=1S/C9H20O4/c1-5(2)7(11)9(13)8(12)6(3)4-10/h5-13H,4H2,1-3H3/t6?,7?,8-,9+/m1/s1. The second-order valence-corrected chi connectivity index (χ2v) is 3.88. The van der Waals surface area contributed by atoms with Crippen LogP contribution < -0.4 is 0 Å². The second-order valence-electron chi connectivity index (χ2n) is 3.88. The third-order valence-electron chi connectivity index (χ3n) is 2.25. The molecule has 0 fully saturated rings. The summed E-state index contributed by atoms with van der Waals surface area (Å²) in [6.45, 7) is 4.92. The molecule has 2 unspecified atom stereocenters. The normalized spacial score (nSPS) is 21.2. The molecular weight excluding hydrogens is 172 g/mol. The van der Waals surface area contributed by atoms with Crippen molar-refractivity contribution >= 4 is 0 Å². The zero-order valence-electron chi connectivity index (χ0n) is 8.38. The van der Waals surface area contributed by atoms with Crippen molar-refractivity contribution in [2.24, 2.45) is 11.8 Å². The Morgan fingerprint density at radius 2 is 1.31 bits per heavy atom. The Balaban J connectivity index is 4.15. The first-order chi connectivity index (χ1) is 5.91. The van der Waals surface area contributed by atoms with Gasteiger partial charge in [0.05, 0.1) is 12.2 Å². The van der Waals surface area contributed by atoms with Gasteiger partial charge in [0.2, 0.25) is 0 Å². The molecule has 0 aromatic heterocycles. The fourth-order valence-corrected chi connectivity index (χ4v) is 1.04. The van der Waals surface area contributed by atoms with Gasteiger partial charge in [0.25, 0.3) is 0 Å². The van der Waals surface area contributed by atoms with Crippen molar-refractivity contribution in [3.05, 3.63) is 0 Å². The van der Waals surface area contributed by atoms with E-state index in [4.69, 9.17) is 5.11 Å². The van der Waals surface area contributed by atoms with Crippen molar-refractivity contribution in [3.63, 3.8) is 0 Å². The number of rotatable bonds is 5. The molecule has 4 atom stereocenters. The Kier molecular flexibility index (Phi) is 5.48. The van der Waals surface area contributed by atoms with Crippen LogP contribution in [0.5, 0.6) is 0 Å². The van der Waals surface area contributed by atoms with Gasteiger partial charge >= 0.3 is 0 Å². The molecule has 0 saturated heterocycles. The van der Waals surface area contributed by atoms with Crippen LogP contribution in [0.15, 0.2) is 0 Å². The van der Waals surface area contributed by atoms with Crippen molar-refractivity contribution in [1.82, 2.24) is 0 Å². The van der Waals surface area contributed by atoms with E-state index >= 15 is 0 Å². The molecule has 4 heteroatoms. The van der Waals surface area contributed by atoms with Crippen LogP contribution >= 0.6 is 0 Å². The fourth-order valence-electron chi connectivity index (χ4n) is 1.04. The Bertz CT molecular complexity index is 138. The molecule has 0 bridgehead atoms. The molecule has 0 saturated carbocycles. The third kappa shape index (κ3) is 3.60. The van der Waals surface area contributed by atoms with E-state index in [1.165, 1.54) is 0 Å². The minimum atomic E-state index is -1.19. The van der Waals surface area contributed by atoms with Gasteiger partial charge in [0.1, 0.15) is 6.10 Å². The van der Waals surface area contributed by atoms with Crippen LogP contribution in [0, 0.1) is 11.8 Å². The Morgan fingerprint density at radius 3 is 1.62 bits per heavy atom. The van der Waals surface area contributed by atoms with Crippen molar-refractivity contribution in [2.45, 2.75) is 39.1 Å². The average molecular weight is 192 g/mol. The third-order valence-corrected chi connectivity index (χ3v) is 2.25. The van der Waals surface area contributed by atoms with Crippen LogP contribution in [0.4, 0.5) is 0 Å². The zero-order chi connectivity index (χ0) is 10.6. The maximum Gasteiger partial charge on any atom is 0.106 e. The monoisotopic (exact) mass is 192 g/mol. The van der Waals surface area contributed by atoms with Gasteiger partial charge in [0, 0.05) is 12.5 Å². The molecule has 0 aliphatic rings. The fraction of sp³-hybridized carbons (Fsp3) is 1.00. The van der Waals surface area contributed by atoms with Gasteiger partial charge < -0.3 is 20.4 Å². The van der Waals surface area contributed by atoms with Crippen LogP contribution in [-0.4, -0.2) is 45.3 Å². The van der Waals surface area contributed by atoms with Gasteiger partial charge in [-0.3, -0.25) is 0 Å². The van der Waals surface area contributed by atoms with E-state index < -0.39 is 24.2 Å². The molecule has 0 rings (SSSR count). The molecule has 0 radical (unpaired) electrons. The van der Waals surface area contributed by atoms with E-state index in [2.05, 4.69) is 0 Å². The van der Waals surface area contributed by atoms with Gasteiger partial charge in [0.15, 0.2) is 0 Å². The van der Waals surface area contributed by atoms with Gasteiger partial charge in [-0.1, -0.05) is 20.8 Å². The molecule has 0 heterocycles. The van der Waals surface area contributed by atoms with Crippen LogP contribution in [-0.2, 0) is 0 Å². The summed E-state index contributed by atoms with van der Waals surface area (Å²) in [6, 6.07) is 0. The molecular formula is C9H20O4. The highest BCUT2D eigenvalue weighted by molar-refractivity contribution is 4.80. The summed E-state index contributed by atoms with van der Waals surface area (Å²) in [5.74, 6) is -0.543. The number of hydrogen-bond donors (Lipinski definition) is 4. The summed E-state index contributed by atoms with van der Waals surface area (Å²) in [7, 11) is 0. The van der Waals surface area contributed by atoms with Crippen LogP contribution in [0.2, 0.25) is 0 Å². The lowest BCUT2D eigenvalue weighted by atomic mass is 9.92. The first-order valence-corrected chi connectivity index (χ1v) is 4.56. The molecule has 0 amide bonds. The predicted molar refractivity (Wildman–Crippen MR) is 49.1 cm³/mol. The minimum absolute atomic E-state index is 0.115. The van der Waals surface area contributed by atoms with Gasteiger partial charge in [-0.05, 0) is 5.92 Å². The SMILES string of the molecule is CC(C)C(O)[C@H](O)[C@H](O)C(C)CO. The van der Waals surface area contributed by atoms with Gasteiger partial charge in [-0.15, -0.1) is 0 Å². The van der Waals surface area contributed by atoms with E-state index in [0.717, 1.165) is 0 Å². The van der Waals surface area contributed by atoms with E-state index in [-0.39, 0.29) is 12.5 Å². The molecule has 0 aliphatic carbocycles. The van der Waals surface area contributed by atoms with Gasteiger partial charge in [-0.2, -0.15) is 0 Å². The van der Waals surface area contributed by atoms with Crippen molar-refractivity contribution in [2.75, 3.05) is 6.61 Å². The largest absolute Gasteiger partial charge is 0.396 e. The van der Waals surface area contributed by atoms with E-state index in [1.54, 1.807) is 20.8 Å². The molecule has 4 nitrogen and oxygen atoms in total. The van der Waals surface area contributed by atoms with E-state index in [9.17, 15) is 15.3 Å². The summed E-state index contributed by atoms with van der Waals surface area (Å²) < 4.78 is 0. The van der Waals surface area contributed by atoms with E-state index in [0.29, 0.717) is 0 Å². The maximum absolute atomic E-state index is 9.45. The number of aliphatic hydroxyl groups is 4. The topological polar surface area (TPSA) is 80.9 Å². The Labute approximate surface area is 78.8 Å². The molecule has 80 valence electrons. The lowest BCUT2D eigenvalue weighted by Crippen LogP contribution is -2.44. The first-order valence-electron chi connectivity index (χ1n) is 4.56. The second kappa shape index (κ2) is 5.54. The molecule has 4 N–H and O–H groups in total. The van der Waals surface area contributed by atoms with Crippen molar-refractivity contribution in [1.29, 1.82) is 0 Å². The lowest BCUT2D eigenvalue weighted by Gasteiger charge is -2.28. The average Bonchev–Trinajstić information content (AvgIpc) is 2.12. The summed E-state index contributed by atoms with van der Waals surface area (Å²) in [4.78, 5) is 0. The zero-order valence-corrected chi connectivity index (χ0v) is 8.38. The summed E-state index contributed by atoms with van der Waals surface area (Å²) in [6.07, 6.45) is -3.23. The molecule has 0 aromatic rings. The van der Waals surface area contributed by atoms with Crippen molar-refractivity contribution in [3.8, 4) is 0 Å². The summed E-state index contributed by atoms with van der Waals surface area (Å²) >= 11 is 0. The molecule has 0 aromatic carbocycles. The Hall–Kier alpha value is -0.160. The predicted octanol–water partition coefficient (Wildman–Crippen LogP) is -0.647. The highest BCUT2D eigenvalue weighted by Crippen LogP contribution is 2.14. The molecule has 0 spiro atoms. The first kappa shape index (κ1) is 12.8. The van der Waals surface area contributed by atoms with E-state index in [1.807, 2.05) is 0 Å². The highest BCUT2D eigenvalue weighted by Gasteiger charge is 2.30. The minimum Gasteiger partial charge on any atom is -0.396 e. The number of aliphatic hydroxyl groups excluding tert-OH is 4. The maximum atomic E-state index is 9.45. The summed E-state index contributed by atoms with van der Waals surface area (Å²) in [5.41, 5.74) is 0. The quantitative estimate of drug-likeness (QED) is 0.467. The molecule has 0 aliphatic heterocycles. The van der Waals surface area contributed by atoms with Crippen LogP contribution in [0.25, 0.3) is 0 Å². The number of hydrogen-bond acceptors (Lipinski definition) is 4. The smallest absolute Gasteiger partial charge is 0.106 e. The van der Waals surface area contributed by atoms with Crippen LogP contribution in [0.1, 0.15) is 20.8 Å². The molecule has 13 heavy (non-hydrogen) atoms. The highest BCUT2D eigenvalue weighted by atomic mass is 16.4. The van der Waals surface area contributed by atoms with Gasteiger partial charge in [-0.25, -0.2) is 0 Å². The lowest BCUT2D eigenvalue weighted by molar-refractivity contribution is -0.0979. The van der Waals surface area contributed by atoms with Crippen LogP contribution in [0.3, 0.4) is 0 Å². The van der Waals surface area contributed by atoms with Crippen molar-refractivity contribution < 1.29 is 20.4 Å².